The molecule has 0 saturated carbocycles. The van der Waals surface area contributed by atoms with Gasteiger partial charge in [0, 0.05) is 12.2 Å². The van der Waals surface area contributed by atoms with Crippen molar-refractivity contribution in [3.63, 3.8) is 0 Å². The summed E-state index contributed by atoms with van der Waals surface area (Å²) in [6, 6.07) is 20.1. The van der Waals surface area contributed by atoms with E-state index in [1.165, 1.54) is 21.3 Å². The van der Waals surface area contributed by atoms with Crippen LogP contribution >= 0.6 is 0 Å². The number of aryl methyl sites for hydroxylation is 2. The predicted octanol–water partition coefficient (Wildman–Crippen LogP) is 4.28. The third-order valence-corrected chi connectivity index (χ3v) is 10.2. The lowest BCUT2D eigenvalue weighted by Gasteiger charge is -2.30. The Hall–Kier alpha value is -3.63. The SMILES string of the molecule is Cc1ccc(S(=O)(=O)N2CC(C3=CCCN3S(=O)(=O)c3ccc(C)cc3)N(c3ccccc3)C2=O)cc1. The van der Waals surface area contributed by atoms with Gasteiger partial charge in [0.25, 0.3) is 20.0 Å². The molecule has 0 spiro atoms. The molecular formula is C27H27N3O5S2. The van der Waals surface area contributed by atoms with Gasteiger partial charge in [0.2, 0.25) is 0 Å². The molecule has 1 fully saturated rings. The quantitative estimate of drug-likeness (QED) is 0.468. The third kappa shape index (κ3) is 4.40. The van der Waals surface area contributed by atoms with Gasteiger partial charge in [-0.1, -0.05) is 59.7 Å². The second-order valence-corrected chi connectivity index (χ2v) is 12.9. The van der Waals surface area contributed by atoms with Crippen LogP contribution in [0.4, 0.5) is 10.5 Å². The summed E-state index contributed by atoms with van der Waals surface area (Å²) in [5.41, 5.74) is 2.70. The number of rotatable bonds is 6. The highest BCUT2D eigenvalue weighted by Crippen LogP contribution is 2.37. The number of anilines is 1. The van der Waals surface area contributed by atoms with E-state index in [2.05, 4.69) is 0 Å². The van der Waals surface area contributed by atoms with Crippen molar-refractivity contribution in [2.75, 3.05) is 18.0 Å². The van der Waals surface area contributed by atoms with E-state index in [1.807, 2.05) is 13.8 Å². The monoisotopic (exact) mass is 537 g/mol. The number of sulfonamides is 2. The summed E-state index contributed by atoms with van der Waals surface area (Å²) in [6.07, 6.45) is 2.24. The zero-order valence-electron chi connectivity index (χ0n) is 20.5. The Morgan fingerprint density at radius 1 is 0.703 bits per heavy atom. The van der Waals surface area contributed by atoms with Crippen molar-refractivity contribution in [1.82, 2.24) is 8.61 Å². The molecule has 3 aromatic carbocycles. The molecule has 0 aromatic heterocycles. The topological polar surface area (TPSA) is 95.1 Å². The van der Waals surface area contributed by atoms with Crippen LogP contribution in [0.3, 0.4) is 0 Å². The summed E-state index contributed by atoms with van der Waals surface area (Å²) < 4.78 is 56.5. The maximum Gasteiger partial charge on any atom is 0.339 e. The van der Waals surface area contributed by atoms with E-state index in [0.717, 1.165) is 15.4 Å². The van der Waals surface area contributed by atoms with Gasteiger partial charge in [-0.05, 0) is 56.7 Å². The molecule has 2 amide bonds. The molecule has 1 unspecified atom stereocenters. The number of benzene rings is 3. The fourth-order valence-corrected chi connectivity index (χ4v) is 7.59. The van der Waals surface area contributed by atoms with Crippen LogP contribution in [0.5, 0.6) is 0 Å². The summed E-state index contributed by atoms with van der Waals surface area (Å²) in [5, 5.41) is 0. The molecule has 0 N–H and O–H groups in total. The molecule has 1 atom stereocenters. The fourth-order valence-electron chi connectivity index (χ4n) is 4.67. The Kier molecular flexibility index (Phi) is 6.33. The first-order chi connectivity index (χ1) is 17.6. The van der Waals surface area contributed by atoms with E-state index in [9.17, 15) is 21.6 Å². The number of nitrogens with zero attached hydrogens (tertiary/aromatic N) is 3. The van der Waals surface area contributed by atoms with Crippen LogP contribution in [0.1, 0.15) is 17.5 Å². The summed E-state index contributed by atoms with van der Waals surface area (Å²) in [5.74, 6) is 0. The minimum Gasteiger partial charge on any atom is -0.283 e. The zero-order chi connectivity index (χ0) is 26.4. The largest absolute Gasteiger partial charge is 0.339 e. The number of hydrogen-bond acceptors (Lipinski definition) is 5. The van der Waals surface area contributed by atoms with E-state index in [1.54, 1.807) is 72.8 Å². The molecule has 2 heterocycles. The number of urea groups is 1. The number of amides is 2. The maximum atomic E-state index is 13.7. The second kappa shape index (κ2) is 9.35. The highest BCUT2D eigenvalue weighted by molar-refractivity contribution is 7.90. The number of para-hydroxylation sites is 1. The Balaban J connectivity index is 1.57. The third-order valence-electron chi connectivity index (χ3n) is 6.64. The minimum atomic E-state index is -4.17. The van der Waals surface area contributed by atoms with E-state index < -0.39 is 32.1 Å². The lowest BCUT2D eigenvalue weighted by molar-refractivity contribution is 0.239. The van der Waals surface area contributed by atoms with Gasteiger partial charge in [0.15, 0.2) is 0 Å². The normalized spacial score (nSPS) is 18.4. The Bertz CT molecular complexity index is 1570. The molecule has 10 heteroatoms. The maximum absolute atomic E-state index is 13.7. The highest BCUT2D eigenvalue weighted by atomic mass is 32.2. The van der Waals surface area contributed by atoms with Crippen molar-refractivity contribution in [3.05, 3.63) is 102 Å². The van der Waals surface area contributed by atoms with Crippen LogP contribution in [0.2, 0.25) is 0 Å². The van der Waals surface area contributed by atoms with E-state index >= 15 is 0 Å². The van der Waals surface area contributed by atoms with Crippen molar-refractivity contribution in [1.29, 1.82) is 0 Å². The van der Waals surface area contributed by atoms with Gasteiger partial charge < -0.3 is 0 Å². The minimum absolute atomic E-state index is 0.00430. The van der Waals surface area contributed by atoms with Crippen LogP contribution < -0.4 is 4.90 Å². The molecule has 5 rings (SSSR count). The fraction of sp³-hybridized carbons (Fsp3) is 0.222. The molecule has 2 aliphatic rings. The molecule has 0 aliphatic carbocycles. The standard InChI is InChI=1S/C27H27N3O5S2/c1-20-10-14-23(15-11-20)36(32,33)28-18-6-9-25(28)26-19-29(27(31)30(26)22-7-4-3-5-8-22)37(34,35)24-16-12-21(2)13-17-24/h3-5,7-17,26H,6,18-19H2,1-2H3. The summed E-state index contributed by atoms with van der Waals surface area (Å²) in [7, 11) is -8.09. The Morgan fingerprint density at radius 2 is 1.22 bits per heavy atom. The van der Waals surface area contributed by atoms with E-state index in [4.69, 9.17) is 0 Å². The van der Waals surface area contributed by atoms with E-state index in [0.29, 0.717) is 17.8 Å². The van der Waals surface area contributed by atoms with Crippen molar-refractivity contribution in [2.24, 2.45) is 0 Å². The first-order valence-electron chi connectivity index (χ1n) is 11.9. The second-order valence-electron chi connectivity index (χ2n) is 9.16. The first kappa shape index (κ1) is 25.0. The van der Waals surface area contributed by atoms with Crippen LogP contribution in [0.25, 0.3) is 0 Å². The molecule has 1 saturated heterocycles. The molecule has 3 aromatic rings. The van der Waals surface area contributed by atoms with Crippen molar-refractivity contribution in [3.8, 4) is 0 Å². The number of hydrogen-bond donors (Lipinski definition) is 0. The average molecular weight is 538 g/mol. The van der Waals surface area contributed by atoms with Crippen molar-refractivity contribution < 1.29 is 21.6 Å². The lowest BCUT2D eigenvalue weighted by atomic mass is 10.1. The smallest absolute Gasteiger partial charge is 0.283 e. The van der Waals surface area contributed by atoms with Crippen LogP contribution in [0, 0.1) is 13.8 Å². The van der Waals surface area contributed by atoms with Crippen LogP contribution in [-0.4, -0.2) is 50.6 Å². The van der Waals surface area contributed by atoms with Gasteiger partial charge in [-0.25, -0.2) is 25.9 Å². The van der Waals surface area contributed by atoms with Gasteiger partial charge in [0.05, 0.1) is 28.1 Å². The average Bonchev–Trinajstić information content (AvgIpc) is 3.50. The molecule has 8 nitrogen and oxygen atoms in total. The molecule has 2 aliphatic heterocycles. The molecule has 0 radical (unpaired) electrons. The number of carbonyl (C=O) groups is 1. The first-order valence-corrected chi connectivity index (χ1v) is 14.8. The van der Waals surface area contributed by atoms with E-state index in [-0.39, 0.29) is 22.9 Å². The molecule has 192 valence electrons. The molecular weight excluding hydrogens is 510 g/mol. The number of carbonyl (C=O) groups excluding carboxylic acids is 1. The van der Waals surface area contributed by atoms with Crippen LogP contribution in [-0.2, 0) is 20.0 Å². The van der Waals surface area contributed by atoms with Crippen LogP contribution in [0.15, 0.2) is 100 Å². The summed E-state index contributed by atoms with van der Waals surface area (Å²) in [6.45, 7) is 3.72. The molecule has 37 heavy (non-hydrogen) atoms. The predicted molar refractivity (Wildman–Crippen MR) is 141 cm³/mol. The van der Waals surface area contributed by atoms with Gasteiger partial charge >= 0.3 is 6.03 Å². The van der Waals surface area contributed by atoms with Crippen molar-refractivity contribution >= 4 is 31.8 Å². The zero-order valence-corrected chi connectivity index (χ0v) is 22.1. The summed E-state index contributed by atoms with van der Waals surface area (Å²) >= 11 is 0. The van der Waals surface area contributed by atoms with Gasteiger partial charge in [-0.2, -0.15) is 0 Å². The van der Waals surface area contributed by atoms with Gasteiger partial charge in [-0.3, -0.25) is 9.21 Å². The Labute approximate surface area is 217 Å². The summed E-state index contributed by atoms with van der Waals surface area (Å²) in [4.78, 5) is 15.2. The van der Waals surface area contributed by atoms with Gasteiger partial charge in [0.1, 0.15) is 0 Å². The lowest BCUT2D eigenvalue weighted by Crippen LogP contribution is -2.41. The van der Waals surface area contributed by atoms with Crippen molar-refractivity contribution in [2.45, 2.75) is 36.1 Å². The molecule has 0 bridgehead atoms. The Morgan fingerprint density at radius 3 is 1.76 bits per heavy atom. The highest BCUT2D eigenvalue weighted by Gasteiger charge is 2.49. The van der Waals surface area contributed by atoms with Gasteiger partial charge in [-0.15, -0.1) is 0 Å².